The van der Waals surface area contributed by atoms with Crippen LogP contribution in [-0.4, -0.2) is 58.6 Å². The summed E-state index contributed by atoms with van der Waals surface area (Å²) in [5.74, 6) is 3.52. The van der Waals surface area contributed by atoms with Crippen molar-refractivity contribution in [2.45, 2.75) is 37.8 Å². The standard InChI is InChI=1S/C50H46O7/c1-51-36(28-54-42-22-18-32-10-2-6-14-38(32)47(42)48-39-15-7-3-11-33(39)19-23-43(48)56-31-37-30-53-37)29-55-44-24-20-34-12-4-8-16-40(34)49(44)50-41-17-9-5-13-35(41)21-25-45(50)57-46-26-27-52-46/h2-3,5-7,9-25,35-37,41,46H,4,8,26-31H2,1H3. The molecular formula is C50H46O7. The molecule has 0 aromatic heterocycles. The molecule has 2 heterocycles. The molecule has 5 aliphatic rings. The van der Waals surface area contributed by atoms with E-state index in [0.717, 1.165) is 99.3 Å². The van der Waals surface area contributed by atoms with E-state index in [1.54, 1.807) is 7.11 Å². The second-order valence-corrected chi connectivity index (χ2v) is 15.2. The first kappa shape index (κ1) is 35.8. The zero-order chi connectivity index (χ0) is 38.1. The van der Waals surface area contributed by atoms with Crippen molar-refractivity contribution in [2.24, 2.45) is 11.8 Å². The first-order valence-electron chi connectivity index (χ1n) is 20.2. The molecule has 2 fully saturated rings. The number of hydrogen-bond acceptors (Lipinski definition) is 7. The third-order valence-electron chi connectivity index (χ3n) is 11.6. The molecule has 0 radical (unpaired) electrons. The summed E-state index contributed by atoms with van der Waals surface area (Å²) in [4.78, 5) is 0. The van der Waals surface area contributed by atoms with Gasteiger partial charge < -0.3 is 33.2 Å². The number of benzene rings is 5. The number of methoxy groups -OCH3 is 1. The summed E-state index contributed by atoms with van der Waals surface area (Å²) in [5, 5.41) is 6.83. The van der Waals surface area contributed by atoms with E-state index in [9.17, 15) is 0 Å². The van der Waals surface area contributed by atoms with E-state index < -0.39 is 0 Å². The lowest BCUT2D eigenvalue weighted by atomic mass is 9.75. The van der Waals surface area contributed by atoms with Gasteiger partial charge in [-0.15, -0.1) is 0 Å². The fraction of sp³-hybridized carbons (Fsp3) is 0.280. The molecule has 5 unspecified atom stereocenters. The lowest BCUT2D eigenvalue weighted by Crippen LogP contribution is -2.35. The van der Waals surface area contributed by atoms with Crippen LogP contribution < -0.4 is 24.6 Å². The van der Waals surface area contributed by atoms with Crippen molar-refractivity contribution in [3.63, 3.8) is 0 Å². The molecule has 3 aliphatic carbocycles. The van der Waals surface area contributed by atoms with Gasteiger partial charge in [-0.05, 0) is 69.1 Å². The Hall–Kier alpha value is -5.60. The third kappa shape index (κ3) is 7.16. The molecule has 7 nitrogen and oxygen atoms in total. The zero-order valence-corrected chi connectivity index (χ0v) is 32.1. The SMILES string of the molecule is COC(COc1ccc2c(c1C1=C(OC3CCO3)C=CC3C=CC=CC13)=CCCC=2)COc1ccc2ccccc2c1-c1c(OCC2CO2)ccc2ccccc12. The second-order valence-electron chi connectivity index (χ2n) is 15.2. The highest BCUT2D eigenvalue weighted by Gasteiger charge is 2.33. The van der Waals surface area contributed by atoms with E-state index in [1.807, 2.05) is 0 Å². The lowest BCUT2D eigenvalue weighted by Gasteiger charge is -2.34. The van der Waals surface area contributed by atoms with Gasteiger partial charge in [0.25, 0.3) is 0 Å². The number of hydrogen-bond donors (Lipinski definition) is 0. The minimum Gasteiger partial charge on any atom is -0.490 e. The van der Waals surface area contributed by atoms with Crippen LogP contribution in [0.25, 0.3) is 50.4 Å². The molecule has 7 heteroatoms. The van der Waals surface area contributed by atoms with E-state index in [1.165, 1.54) is 10.4 Å². The van der Waals surface area contributed by atoms with Gasteiger partial charge in [0.2, 0.25) is 6.29 Å². The molecule has 288 valence electrons. The Balaban J connectivity index is 0.986. The van der Waals surface area contributed by atoms with Crippen molar-refractivity contribution >= 4 is 39.3 Å². The van der Waals surface area contributed by atoms with Crippen LogP contribution in [0.15, 0.2) is 127 Å². The van der Waals surface area contributed by atoms with Crippen LogP contribution >= 0.6 is 0 Å². The highest BCUT2D eigenvalue weighted by atomic mass is 16.7. The molecular weight excluding hydrogens is 713 g/mol. The molecule has 0 amide bonds. The third-order valence-corrected chi connectivity index (χ3v) is 11.6. The van der Waals surface area contributed by atoms with Gasteiger partial charge in [-0.3, -0.25) is 0 Å². The van der Waals surface area contributed by atoms with Gasteiger partial charge in [-0.25, -0.2) is 0 Å². The average Bonchev–Trinajstić information content (AvgIpc) is 4.08. The van der Waals surface area contributed by atoms with Crippen molar-refractivity contribution in [1.82, 2.24) is 0 Å². The molecule has 0 spiro atoms. The van der Waals surface area contributed by atoms with Crippen molar-refractivity contribution in [1.29, 1.82) is 0 Å². The molecule has 0 N–H and O–H groups in total. The highest BCUT2D eigenvalue weighted by molar-refractivity contribution is 6.09. The molecule has 5 aromatic carbocycles. The van der Waals surface area contributed by atoms with Gasteiger partial charge in [0.1, 0.15) is 55.0 Å². The van der Waals surface area contributed by atoms with Gasteiger partial charge in [-0.2, -0.15) is 0 Å². The lowest BCUT2D eigenvalue weighted by molar-refractivity contribution is -0.192. The van der Waals surface area contributed by atoms with Crippen molar-refractivity contribution in [2.75, 3.05) is 40.1 Å². The summed E-state index contributed by atoms with van der Waals surface area (Å²) < 4.78 is 44.0. The number of fused-ring (bicyclic) bond motifs is 4. The fourth-order valence-corrected chi connectivity index (χ4v) is 8.42. The number of ether oxygens (including phenoxy) is 7. The Morgan fingerprint density at radius 3 is 2.02 bits per heavy atom. The largest absolute Gasteiger partial charge is 0.490 e. The summed E-state index contributed by atoms with van der Waals surface area (Å²) in [5.41, 5.74) is 4.19. The summed E-state index contributed by atoms with van der Waals surface area (Å²) in [6, 6.07) is 29.5. The monoisotopic (exact) mass is 758 g/mol. The van der Waals surface area contributed by atoms with Crippen LogP contribution in [0, 0.1) is 11.8 Å². The van der Waals surface area contributed by atoms with Gasteiger partial charge >= 0.3 is 0 Å². The van der Waals surface area contributed by atoms with Crippen LogP contribution in [0.4, 0.5) is 0 Å². The normalized spacial score (nSPS) is 22.2. The van der Waals surface area contributed by atoms with Gasteiger partial charge in [0, 0.05) is 47.6 Å². The maximum Gasteiger partial charge on any atom is 0.202 e. The first-order valence-corrected chi connectivity index (χ1v) is 20.2. The number of allylic oxidation sites excluding steroid dienone is 7. The van der Waals surface area contributed by atoms with Gasteiger partial charge in [0.05, 0.1) is 13.2 Å². The van der Waals surface area contributed by atoms with E-state index in [-0.39, 0.29) is 43.5 Å². The van der Waals surface area contributed by atoms with E-state index >= 15 is 0 Å². The first-order chi connectivity index (χ1) is 28.2. The van der Waals surface area contributed by atoms with Crippen molar-refractivity contribution < 1.29 is 33.2 Å². The van der Waals surface area contributed by atoms with Crippen LogP contribution in [0.1, 0.15) is 24.8 Å². The van der Waals surface area contributed by atoms with Crippen molar-refractivity contribution in [3.8, 4) is 28.4 Å². The fourth-order valence-electron chi connectivity index (χ4n) is 8.42. The Labute approximate surface area is 332 Å². The topological polar surface area (TPSA) is 67.9 Å². The Kier molecular flexibility index (Phi) is 9.88. The molecule has 57 heavy (non-hydrogen) atoms. The number of rotatable bonds is 14. The minimum absolute atomic E-state index is 0.104. The maximum atomic E-state index is 6.84. The van der Waals surface area contributed by atoms with Gasteiger partial charge in [-0.1, -0.05) is 109 Å². The average molecular weight is 759 g/mol. The van der Waals surface area contributed by atoms with E-state index in [4.69, 9.17) is 33.2 Å². The highest BCUT2D eigenvalue weighted by Crippen LogP contribution is 2.46. The van der Waals surface area contributed by atoms with Gasteiger partial charge in [0.15, 0.2) is 0 Å². The van der Waals surface area contributed by atoms with Crippen LogP contribution in [0.2, 0.25) is 0 Å². The smallest absolute Gasteiger partial charge is 0.202 e. The minimum atomic E-state index is -0.372. The molecule has 5 aromatic rings. The predicted octanol–water partition coefficient (Wildman–Crippen LogP) is 8.67. The molecule has 2 saturated heterocycles. The molecule has 10 rings (SSSR count). The summed E-state index contributed by atoms with van der Waals surface area (Å²) in [7, 11) is 1.72. The zero-order valence-electron chi connectivity index (χ0n) is 32.1. The van der Waals surface area contributed by atoms with E-state index in [0.29, 0.717) is 6.61 Å². The van der Waals surface area contributed by atoms with Crippen LogP contribution in [0.5, 0.6) is 17.2 Å². The van der Waals surface area contributed by atoms with Crippen LogP contribution in [-0.2, 0) is 18.9 Å². The number of epoxide rings is 1. The molecule has 2 aliphatic heterocycles. The predicted molar refractivity (Wildman–Crippen MR) is 225 cm³/mol. The summed E-state index contributed by atoms with van der Waals surface area (Å²) >= 11 is 0. The maximum absolute atomic E-state index is 6.84. The summed E-state index contributed by atoms with van der Waals surface area (Å²) in [6.07, 6.45) is 20.2. The second kappa shape index (κ2) is 15.7. The Bertz CT molecular complexity index is 2570. The van der Waals surface area contributed by atoms with E-state index in [2.05, 4.69) is 134 Å². The quantitative estimate of drug-likeness (QED) is 0.105. The molecule has 0 saturated carbocycles. The Morgan fingerprint density at radius 1 is 0.684 bits per heavy atom. The summed E-state index contributed by atoms with van der Waals surface area (Å²) in [6.45, 7) is 2.50. The molecule has 5 atom stereocenters. The van der Waals surface area contributed by atoms with Crippen molar-refractivity contribution in [3.05, 3.63) is 143 Å². The molecule has 0 bridgehead atoms. The Morgan fingerprint density at radius 2 is 1.33 bits per heavy atom. The van der Waals surface area contributed by atoms with Crippen LogP contribution in [0.3, 0.4) is 0 Å².